The van der Waals surface area contributed by atoms with E-state index in [2.05, 4.69) is 17.2 Å². The standard InChI is InChI=1S/C12H18N2O2S/c1-8(9-2-3-9)13-6-11-14-10(7-17-11)12-15-4-5-16-12/h7-9,12-13H,2-6H2,1H3. The first-order valence-corrected chi connectivity index (χ1v) is 7.12. The molecule has 0 bridgehead atoms. The predicted octanol–water partition coefficient (Wildman–Crippen LogP) is 2.08. The summed E-state index contributed by atoms with van der Waals surface area (Å²) < 4.78 is 10.9. The quantitative estimate of drug-likeness (QED) is 0.873. The molecule has 17 heavy (non-hydrogen) atoms. The number of hydrogen-bond donors (Lipinski definition) is 1. The van der Waals surface area contributed by atoms with Crippen LogP contribution in [0.5, 0.6) is 0 Å². The van der Waals surface area contributed by atoms with Crippen LogP contribution in [0.3, 0.4) is 0 Å². The number of thiazole rings is 1. The van der Waals surface area contributed by atoms with E-state index in [4.69, 9.17) is 9.47 Å². The summed E-state index contributed by atoms with van der Waals surface area (Å²) in [6.45, 7) is 4.47. The molecule has 1 atom stereocenters. The molecule has 0 radical (unpaired) electrons. The van der Waals surface area contributed by atoms with Gasteiger partial charge in [-0.1, -0.05) is 0 Å². The minimum atomic E-state index is -0.235. The van der Waals surface area contributed by atoms with E-state index in [0.717, 1.165) is 23.2 Å². The summed E-state index contributed by atoms with van der Waals surface area (Å²) in [6, 6.07) is 0.612. The SMILES string of the molecule is CC(NCc1nc(C2OCCO2)cs1)C1CC1. The zero-order valence-corrected chi connectivity index (χ0v) is 10.8. The number of nitrogens with zero attached hydrogens (tertiary/aromatic N) is 1. The number of aromatic nitrogens is 1. The Labute approximate surface area is 105 Å². The van der Waals surface area contributed by atoms with E-state index in [9.17, 15) is 0 Å². The highest BCUT2D eigenvalue weighted by molar-refractivity contribution is 7.09. The first-order chi connectivity index (χ1) is 8.33. The molecule has 1 saturated heterocycles. The second kappa shape index (κ2) is 5.02. The lowest BCUT2D eigenvalue weighted by atomic mass is 10.2. The first-order valence-electron chi connectivity index (χ1n) is 6.24. The van der Waals surface area contributed by atoms with E-state index in [1.165, 1.54) is 12.8 Å². The van der Waals surface area contributed by atoms with E-state index < -0.39 is 0 Å². The number of rotatable bonds is 5. The van der Waals surface area contributed by atoms with Gasteiger partial charge in [0.25, 0.3) is 0 Å². The first kappa shape index (κ1) is 11.6. The maximum absolute atomic E-state index is 5.43. The smallest absolute Gasteiger partial charge is 0.202 e. The van der Waals surface area contributed by atoms with Gasteiger partial charge >= 0.3 is 0 Å². The van der Waals surface area contributed by atoms with Crippen LogP contribution in [0.25, 0.3) is 0 Å². The van der Waals surface area contributed by atoms with Crippen LogP contribution >= 0.6 is 11.3 Å². The van der Waals surface area contributed by atoms with Crippen LogP contribution in [0.4, 0.5) is 0 Å². The van der Waals surface area contributed by atoms with Crippen LogP contribution in [-0.4, -0.2) is 24.2 Å². The lowest BCUT2D eigenvalue weighted by Crippen LogP contribution is -2.27. The van der Waals surface area contributed by atoms with Gasteiger partial charge in [0.05, 0.1) is 13.2 Å². The van der Waals surface area contributed by atoms with Crippen LogP contribution in [0.15, 0.2) is 5.38 Å². The fourth-order valence-electron chi connectivity index (χ4n) is 2.05. The molecule has 1 N–H and O–H groups in total. The Morgan fingerprint density at radius 1 is 1.47 bits per heavy atom. The van der Waals surface area contributed by atoms with Gasteiger partial charge < -0.3 is 14.8 Å². The summed E-state index contributed by atoms with van der Waals surface area (Å²) in [4.78, 5) is 4.55. The van der Waals surface area contributed by atoms with Crippen LogP contribution in [-0.2, 0) is 16.0 Å². The third kappa shape index (κ3) is 2.85. The molecule has 0 spiro atoms. The largest absolute Gasteiger partial charge is 0.345 e. The second-order valence-electron chi connectivity index (χ2n) is 4.75. The van der Waals surface area contributed by atoms with Crippen molar-refractivity contribution in [1.82, 2.24) is 10.3 Å². The Morgan fingerprint density at radius 2 is 2.24 bits per heavy atom. The summed E-state index contributed by atoms with van der Waals surface area (Å²) in [7, 11) is 0. The number of ether oxygens (including phenoxy) is 2. The molecule has 1 aliphatic heterocycles. The number of nitrogens with one attached hydrogen (secondary N) is 1. The van der Waals surface area contributed by atoms with Gasteiger partial charge in [-0.3, -0.25) is 0 Å². The maximum atomic E-state index is 5.43. The van der Waals surface area contributed by atoms with Crippen molar-refractivity contribution in [2.24, 2.45) is 5.92 Å². The Bertz CT molecular complexity index is 372. The van der Waals surface area contributed by atoms with Gasteiger partial charge in [0, 0.05) is 18.0 Å². The van der Waals surface area contributed by atoms with Crippen LogP contribution in [0, 0.1) is 5.92 Å². The maximum Gasteiger partial charge on any atom is 0.202 e. The molecule has 1 aliphatic carbocycles. The van der Waals surface area contributed by atoms with E-state index in [1.54, 1.807) is 11.3 Å². The fraction of sp³-hybridized carbons (Fsp3) is 0.750. The van der Waals surface area contributed by atoms with Crippen molar-refractivity contribution < 1.29 is 9.47 Å². The number of hydrogen-bond acceptors (Lipinski definition) is 5. The summed E-state index contributed by atoms with van der Waals surface area (Å²) >= 11 is 1.68. The normalized spacial score (nSPS) is 23.1. The summed E-state index contributed by atoms with van der Waals surface area (Å²) in [5, 5.41) is 6.68. The highest BCUT2D eigenvalue weighted by Gasteiger charge is 2.27. The molecule has 94 valence electrons. The summed E-state index contributed by atoms with van der Waals surface area (Å²) in [5.74, 6) is 0.885. The van der Waals surface area contributed by atoms with Gasteiger partial charge in [-0.25, -0.2) is 4.98 Å². The van der Waals surface area contributed by atoms with Gasteiger partial charge in [-0.05, 0) is 25.7 Å². The third-order valence-electron chi connectivity index (χ3n) is 3.34. The average Bonchev–Trinajstić information content (AvgIpc) is 2.87. The molecule has 2 heterocycles. The Kier molecular flexibility index (Phi) is 3.42. The zero-order valence-electron chi connectivity index (χ0n) is 10.0. The summed E-state index contributed by atoms with van der Waals surface area (Å²) in [6.07, 6.45) is 2.52. The molecule has 0 amide bonds. The van der Waals surface area contributed by atoms with E-state index in [1.807, 2.05) is 5.38 Å². The third-order valence-corrected chi connectivity index (χ3v) is 4.20. The lowest BCUT2D eigenvalue weighted by Gasteiger charge is -2.10. The van der Waals surface area contributed by atoms with Gasteiger partial charge in [0.15, 0.2) is 0 Å². The van der Waals surface area contributed by atoms with E-state index >= 15 is 0 Å². The molecule has 1 saturated carbocycles. The van der Waals surface area contributed by atoms with Crippen LogP contribution < -0.4 is 5.32 Å². The van der Waals surface area contributed by atoms with Crippen molar-refractivity contribution in [2.45, 2.75) is 38.6 Å². The van der Waals surface area contributed by atoms with Gasteiger partial charge in [-0.15, -0.1) is 11.3 Å². The zero-order chi connectivity index (χ0) is 11.7. The van der Waals surface area contributed by atoms with Crippen LogP contribution in [0.1, 0.15) is 36.8 Å². The molecule has 1 aromatic rings. The molecule has 5 heteroatoms. The van der Waals surface area contributed by atoms with Crippen molar-refractivity contribution in [3.63, 3.8) is 0 Å². The Balaban J connectivity index is 1.52. The van der Waals surface area contributed by atoms with Crippen molar-refractivity contribution in [3.05, 3.63) is 16.1 Å². The molecule has 1 unspecified atom stereocenters. The van der Waals surface area contributed by atoms with Crippen molar-refractivity contribution in [2.75, 3.05) is 13.2 Å². The van der Waals surface area contributed by atoms with Crippen molar-refractivity contribution in [3.8, 4) is 0 Å². The molecule has 2 fully saturated rings. The predicted molar refractivity (Wildman–Crippen MR) is 65.8 cm³/mol. The highest BCUT2D eigenvalue weighted by atomic mass is 32.1. The highest BCUT2D eigenvalue weighted by Crippen LogP contribution is 2.32. The fourth-order valence-corrected chi connectivity index (χ4v) is 2.80. The minimum Gasteiger partial charge on any atom is -0.345 e. The van der Waals surface area contributed by atoms with Gasteiger partial charge in [-0.2, -0.15) is 0 Å². The molecular weight excluding hydrogens is 236 g/mol. The van der Waals surface area contributed by atoms with Crippen molar-refractivity contribution >= 4 is 11.3 Å². The van der Waals surface area contributed by atoms with E-state index in [0.29, 0.717) is 19.3 Å². The molecule has 0 aromatic carbocycles. The van der Waals surface area contributed by atoms with Crippen LogP contribution in [0.2, 0.25) is 0 Å². The molecule has 3 rings (SSSR count). The minimum absolute atomic E-state index is 0.235. The second-order valence-corrected chi connectivity index (χ2v) is 5.69. The topological polar surface area (TPSA) is 43.4 Å². The molecule has 2 aliphatic rings. The summed E-state index contributed by atoms with van der Waals surface area (Å²) in [5.41, 5.74) is 0.920. The molecule has 4 nitrogen and oxygen atoms in total. The van der Waals surface area contributed by atoms with Gasteiger partial charge in [0.2, 0.25) is 6.29 Å². The monoisotopic (exact) mass is 254 g/mol. The van der Waals surface area contributed by atoms with Gasteiger partial charge in [0.1, 0.15) is 10.7 Å². The van der Waals surface area contributed by atoms with Crippen molar-refractivity contribution in [1.29, 1.82) is 0 Å². The molecular formula is C12H18N2O2S. The molecule has 1 aromatic heterocycles. The van der Waals surface area contributed by atoms with E-state index in [-0.39, 0.29) is 6.29 Å². The average molecular weight is 254 g/mol. The Hall–Kier alpha value is -0.490. The Morgan fingerprint density at radius 3 is 2.94 bits per heavy atom. The lowest BCUT2D eigenvalue weighted by molar-refractivity contribution is -0.0469.